The number of aryl methyl sites for hydroxylation is 1. The molecule has 104 valence electrons. The van der Waals surface area contributed by atoms with Crippen LogP contribution in [0.25, 0.3) is 0 Å². The smallest absolute Gasteiger partial charge is 0.311 e. The lowest BCUT2D eigenvalue weighted by molar-refractivity contribution is -0.147. The minimum Gasteiger partial charge on any atom is -0.496 e. The minimum atomic E-state index is -0.721. The van der Waals surface area contributed by atoms with E-state index in [-0.39, 0.29) is 0 Å². The highest BCUT2D eigenvalue weighted by Gasteiger charge is 2.41. The normalized spacial score (nSPS) is 22.4. The van der Waals surface area contributed by atoms with Gasteiger partial charge in [-0.2, -0.15) is 0 Å². The van der Waals surface area contributed by atoms with Crippen molar-refractivity contribution in [3.05, 3.63) is 29.3 Å². The van der Waals surface area contributed by atoms with Gasteiger partial charge in [-0.25, -0.2) is 0 Å². The third-order valence-electron chi connectivity index (χ3n) is 3.98. The Labute approximate surface area is 113 Å². The van der Waals surface area contributed by atoms with Gasteiger partial charge in [0.15, 0.2) is 0 Å². The second kappa shape index (κ2) is 5.61. The van der Waals surface area contributed by atoms with Crippen LogP contribution in [0.15, 0.2) is 18.2 Å². The summed E-state index contributed by atoms with van der Waals surface area (Å²) in [5.41, 5.74) is 1.51. The van der Waals surface area contributed by atoms with Gasteiger partial charge in [-0.1, -0.05) is 19.1 Å². The lowest BCUT2D eigenvalue weighted by atomic mass is 9.80. The van der Waals surface area contributed by atoms with Crippen molar-refractivity contribution in [1.82, 2.24) is 5.32 Å². The van der Waals surface area contributed by atoms with Crippen molar-refractivity contribution in [1.29, 1.82) is 0 Å². The monoisotopic (exact) mass is 263 g/mol. The number of hydrogen-bond donors (Lipinski definition) is 2. The third kappa shape index (κ3) is 2.73. The summed E-state index contributed by atoms with van der Waals surface area (Å²) < 4.78 is 5.37. The molecule has 2 N–H and O–H groups in total. The summed E-state index contributed by atoms with van der Waals surface area (Å²) in [5.74, 6) is 0.0613. The first-order valence-corrected chi connectivity index (χ1v) is 6.71. The maximum Gasteiger partial charge on any atom is 0.311 e. The fraction of sp³-hybridized carbons (Fsp3) is 0.533. The van der Waals surface area contributed by atoms with Crippen LogP contribution in [0.2, 0.25) is 0 Å². The second-order valence-electron chi connectivity index (χ2n) is 5.19. The zero-order valence-corrected chi connectivity index (χ0v) is 11.5. The van der Waals surface area contributed by atoms with Crippen LogP contribution in [-0.4, -0.2) is 31.3 Å². The zero-order valence-electron chi connectivity index (χ0n) is 11.5. The third-order valence-corrected chi connectivity index (χ3v) is 3.98. The van der Waals surface area contributed by atoms with E-state index in [0.717, 1.165) is 24.3 Å². The van der Waals surface area contributed by atoms with E-state index in [0.29, 0.717) is 19.4 Å². The average molecular weight is 263 g/mol. The molecule has 1 atom stereocenters. The molecule has 0 saturated carbocycles. The molecular weight excluding hydrogens is 242 g/mol. The molecule has 1 fully saturated rings. The Morgan fingerprint density at radius 1 is 1.53 bits per heavy atom. The number of nitrogens with one attached hydrogen (secondary N) is 1. The molecule has 0 aliphatic carbocycles. The average Bonchev–Trinajstić information content (AvgIpc) is 2.88. The standard InChI is InChI=1S/C15H21NO3/c1-3-11-4-5-13(19-2)12(8-11)9-15(14(17)18)6-7-16-10-15/h4-5,8,16H,3,6-7,9-10H2,1-2H3,(H,17,18). The predicted molar refractivity (Wildman–Crippen MR) is 73.6 cm³/mol. The first-order valence-electron chi connectivity index (χ1n) is 6.71. The van der Waals surface area contributed by atoms with E-state index in [2.05, 4.69) is 18.3 Å². The second-order valence-corrected chi connectivity index (χ2v) is 5.19. The first-order chi connectivity index (χ1) is 9.11. The van der Waals surface area contributed by atoms with Crippen LogP contribution in [-0.2, 0) is 17.6 Å². The first kappa shape index (κ1) is 13.9. The molecule has 19 heavy (non-hydrogen) atoms. The van der Waals surface area contributed by atoms with Crippen LogP contribution in [0.5, 0.6) is 5.75 Å². The Bertz CT molecular complexity index is 464. The summed E-state index contributed by atoms with van der Waals surface area (Å²) in [4.78, 5) is 11.6. The molecule has 1 aliphatic heterocycles. The summed E-state index contributed by atoms with van der Waals surface area (Å²) in [5, 5.41) is 12.7. The van der Waals surface area contributed by atoms with Gasteiger partial charge < -0.3 is 15.2 Å². The van der Waals surface area contributed by atoms with E-state index in [1.165, 1.54) is 5.56 Å². The van der Waals surface area contributed by atoms with E-state index in [1.54, 1.807) is 7.11 Å². The zero-order chi connectivity index (χ0) is 13.9. The van der Waals surface area contributed by atoms with Crippen LogP contribution < -0.4 is 10.1 Å². The summed E-state index contributed by atoms with van der Waals surface area (Å²) in [6.07, 6.45) is 2.13. The quantitative estimate of drug-likeness (QED) is 0.851. The van der Waals surface area contributed by atoms with Gasteiger partial charge in [0.2, 0.25) is 0 Å². The fourth-order valence-electron chi connectivity index (χ4n) is 2.71. The highest BCUT2D eigenvalue weighted by molar-refractivity contribution is 5.76. The molecule has 1 aromatic carbocycles. The van der Waals surface area contributed by atoms with Crippen molar-refractivity contribution in [3.8, 4) is 5.75 Å². The van der Waals surface area contributed by atoms with E-state index in [1.807, 2.05) is 12.1 Å². The van der Waals surface area contributed by atoms with Crippen molar-refractivity contribution in [3.63, 3.8) is 0 Å². The SMILES string of the molecule is CCc1ccc(OC)c(CC2(C(=O)O)CCNC2)c1. The molecule has 0 amide bonds. The van der Waals surface area contributed by atoms with Crippen molar-refractivity contribution in [2.45, 2.75) is 26.2 Å². The van der Waals surface area contributed by atoms with Crippen molar-refractivity contribution < 1.29 is 14.6 Å². The lowest BCUT2D eigenvalue weighted by Gasteiger charge is -2.24. The van der Waals surface area contributed by atoms with Crippen molar-refractivity contribution in [2.24, 2.45) is 5.41 Å². The summed E-state index contributed by atoms with van der Waals surface area (Å²) in [6.45, 7) is 3.39. The molecule has 4 nitrogen and oxygen atoms in total. The van der Waals surface area contributed by atoms with Gasteiger partial charge in [-0.3, -0.25) is 4.79 Å². The minimum absolute atomic E-state index is 0.520. The van der Waals surface area contributed by atoms with Crippen molar-refractivity contribution in [2.75, 3.05) is 20.2 Å². The van der Waals surface area contributed by atoms with Crippen LogP contribution in [0.4, 0.5) is 0 Å². The highest BCUT2D eigenvalue weighted by atomic mass is 16.5. The Hall–Kier alpha value is -1.55. The lowest BCUT2D eigenvalue weighted by Crippen LogP contribution is -2.35. The van der Waals surface area contributed by atoms with E-state index < -0.39 is 11.4 Å². The largest absolute Gasteiger partial charge is 0.496 e. The maximum atomic E-state index is 11.6. The molecule has 0 aromatic heterocycles. The maximum absolute atomic E-state index is 11.6. The molecule has 1 aliphatic rings. The summed E-state index contributed by atoms with van der Waals surface area (Å²) in [7, 11) is 1.63. The Morgan fingerprint density at radius 3 is 2.84 bits per heavy atom. The van der Waals surface area contributed by atoms with Gasteiger partial charge in [0.05, 0.1) is 12.5 Å². The van der Waals surface area contributed by atoms with Crippen LogP contribution in [0.3, 0.4) is 0 Å². The highest BCUT2D eigenvalue weighted by Crippen LogP contribution is 2.34. The topological polar surface area (TPSA) is 58.6 Å². The van der Waals surface area contributed by atoms with Gasteiger partial charge in [-0.15, -0.1) is 0 Å². The van der Waals surface area contributed by atoms with Crippen LogP contribution in [0, 0.1) is 5.41 Å². The van der Waals surface area contributed by atoms with E-state index >= 15 is 0 Å². The molecule has 1 unspecified atom stereocenters. The number of aliphatic carboxylic acids is 1. The van der Waals surface area contributed by atoms with Crippen LogP contribution >= 0.6 is 0 Å². The molecule has 4 heteroatoms. The molecule has 1 heterocycles. The molecule has 1 aromatic rings. The van der Waals surface area contributed by atoms with Gasteiger partial charge >= 0.3 is 5.97 Å². The Balaban J connectivity index is 2.32. The number of ether oxygens (including phenoxy) is 1. The van der Waals surface area contributed by atoms with E-state index in [9.17, 15) is 9.90 Å². The number of methoxy groups -OCH3 is 1. The Morgan fingerprint density at radius 2 is 2.32 bits per heavy atom. The number of carboxylic acid groups (broad SMARTS) is 1. The number of carbonyl (C=O) groups is 1. The number of carboxylic acids is 1. The predicted octanol–water partition coefficient (Wildman–Crippen LogP) is 1.86. The number of hydrogen-bond acceptors (Lipinski definition) is 3. The van der Waals surface area contributed by atoms with Gasteiger partial charge in [0.1, 0.15) is 5.75 Å². The van der Waals surface area contributed by atoms with E-state index in [4.69, 9.17) is 4.74 Å². The van der Waals surface area contributed by atoms with Crippen molar-refractivity contribution >= 4 is 5.97 Å². The van der Waals surface area contributed by atoms with Gasteiger partial charge in [0.25, 0.3) is 0 Å². The molecular formula is C15H21NO3. The summed E-state index contributed by atoms with van der Waals surface area (Å²) >= 11 is 0. The Kier molecular flexibility index (Phi) is 4.10. The molecule has 1 saturated heterocycles. The number of benzene rings is 1. The molecule has 0 bridgehead atoms. The van der Waals surface area contributed by atoms with Crippen LogP contribution in [0.1, 0.15) is 24.5 Å². The fourth-order valence-corrected chi connectivity index (χ4v) is 2.71. The van der Waals surface area contributed by atoms with Gasteiger partial charge in [0, 0.05) is 6.54 Å². The molecule has 2 rings (SSSR count). The molecule has 0 radical (unpaired) electrons. The molecule has 0 spiro atoms. The van der Waals surface area contributed by atoms with Gasteiger partial charge in [-0.05, 0) is 43.0 Å². The number of rotatable bonds is 5. The summed E-state index contributed by atoms with van der Waals surface area (Å²) in [6, 6.07) is 6.04.